The Labute approximate surface area is 133 Å². The van der Waals surface area contributed by atoms with E-state index in [2.05, 4.69) is 40.1 Å². The molecule has 1 aromatic rings. The van der Waals surface area contributed by atoms with Crippen LogP contribution in [0.5, 0.6) is 0 Å². The van der Waals surface area contributed by atoms with Crippen LogP contribution in [0.2, 0.25) is 0 Å². The zero-order valence-corrected chi connectivity index (χ0v) is 13.3. The maximum Gasteiger partial charge on any atom is 0.226 e. The lowest BCUT2D eigenvalue weighted by molar-refractivity contribution is -0.139. The van der Waals surface area contributed by atoms with Crippen molar-refractivity contribution in [3.8, 4) is 0 Å². The molecule has 0 unspecified atom stereocenters. The molecule has 1 aliphatic heterocycles. The van der Waals surface area contributed by atoms with Crippen molar-refractivity contribution in [3.05, 3.63) is 35.9 Å². The highest BCUT2D eigenvalue weighted by Crippen LogP contribution is 2.48. The molecule has 118 valence electrons. The third kappa shape index (κ3) is 2.79. The average molecular weight is 298 g/mol. The minimum atomic E-state index is 0.361. The number of nitrogens with zero attached hydrogens (tertiary/aromatic N) is 2. The predicted octanol–water partition coefficient (Wildman–Crippen LogP) is 2.77. The second kappa shape index (κ2) is 6.04. The van der Waals surface area contributed by atoms with Gasteiger partial charge in [0.05, 0.1) is 0 Å². The number of benzene rings is 1. The van der Waals surface area contributed by atoms with Gasteiger partial charge in [-0.05, 0) is 36.7 Å². The largest absolute Gasteiger partial charge is 0.340 e. The van der Waals surface area contributed by atoms with E-state index in [1.165, 1.54) is 31.2 Å². The van der Waals surface area contributed by atoms with Crippen LogP contribution in [0.25, 0.3) is 0 Å². The van der Waals surface area contributed by atoms with E-state index in [4.69, 9.17) is 0 Å². The zero-order chi connectivity index (χ0) is 14.9. The molecule has 2 saturated carbocycles. The maximum absolute atomic E-state index is 12.8. The Morgan fingerprint density at radius 1 is 1.00 bits per heavy atom. The highest BCUT2D eigenvalue weighted by molar-refractivity contribution is 5.79. The molecule has 3 heteroatoms. The van der Waals surface area contributed by atoms with E-state index < -0.39 is 0 Å². The van der Waals surface area contributed by atoms with E-state index in [1.54, 1.807) is 0 Å². The first-order valence-electron chi connectivity index (χ1n) is 8.84. The molecule has 1 amide bonds. The van der Waals surface area contributed by atoms with Crippen molar-refractivity contribution in [2.24, 2.45) is 17.8 Å². The first kappa shape index (κ1) is 14.3. The topological polar surface area (TPSA) is 23.6 Å². The normalized spacial score (nSPS) is 31.6. The van der Waals surface area contributed by atoms with Crippen LogP contribution in [0.15, 0.2) is 30.3 Å². The van der Waals surface area contributed by atoms with Gasteiger partial charge in [-0.3, -0.25) is 9.69 Å². The maximum atomic E-state index is 12.8. The van der Waals surface area contributed by atoms with Gasteiger partial charge in [0.2, 0.25) is 5.91 Å². The fourth-order valence-corrected chi connectivity index (χ4v) is 4.75. The molecule has 3 aliphatic rings. The summed E-state index contributed by atoms with van der Waals surface area (Å²) < 4.78 is 0. The van der Waals surface area contributed by atoms with E-state index in [0.717, 1.165) is 38.6 Å². The Kier molecular flexibility index (Phi) is 3.91. The van der Waals surface area contributed by atoms with Crippen LogP contribution >= 0.6 is 0 Å². The summed E-state index contributed by atoms with van der Waals surface area (Å²) in [5.74, 6) is 2.39. The quantitative estimate of drug-likeness (QED) is 0.856. The zero-order valence-electron chi connectivity index (χ0n) is 13.3. The smallest absolute Gasteiger partial charge is 0.226 e. The molecule has 3 atom stereocenters. The lowest BCUT2D eigenvalue weighted by Crippen LogP contribution is -2.50. The molecular weight excluding hydrogens is 272 g/mol. The lowest BCUT2D eigenvalue weighted by atomic mass is 9.87. The third-order valence-corrected chi connectivity index (χ3v) is 5.99. The predicted molar refractivity (Wildman–Crippen MR) is 87.2 cm³/mol. The lowest BCUT2D eigenvalue weighted by Gasteiger charge is -2.37. The van der Waals surface area contributed by atoms with E-state index in [1.807, 2.05) is 0 Å². The van der Waals surface area contributed by atoms with Crippen LogP contribution in [-0.4, -0.2) is 41.9 Å². The number of rotatable bonds is 3. The molecule has 0 aromatic heterocycles. The molecule has 3 fully saturated rings. The number of hydrogen-bond donors (Lipinski definition) is 0. The van der Waals surface area contributed by atoms with Crippen molar-refractivity contribution in [1.82, 2.24) is 9.80 Å². The third-order valence-electron chi connectivity index (χ3n) is 5.99. The highest BCUT2D eigenvalue weighted by atomic mass is 16.2. The summed E-state index contributed by atoms with van der Waals surface area (Å²) in [4.78, 5) is 17.4. The Morgan fingerprint density at radius 3 is 2.41 bits per heavy atom. The fourth-order valence-electron chi connectivity index (χ4n) is 4.75. The number of amides is 1. The van der Waals surface area contributed by atoms with E-state index in [-0.39, 0.29) is 0 Å². The number of hydrogen-bond acceptors (Lipinski definition) is 2. The van der Waals surface area contributed by atoms with Crippen LogP contribution in [0.3, 0.4) is 0 Å². The van der Waals surface area contributed by atoms with Crippen LogP contribution in [0, 0.1) is 17.8 Å². The minimum absolute atomic E-state index is 0.361. The summed E-state index contributed by atoms with van der Waals surface area (Å²) in [7, 11) is 0. The second-order valence-electron chi connectivity index (χ2n) is 7.37. The summed E-state index contributed by atoms with van der Waals surface area (Å²) in [5.41, 5.74) is 1.37. The molecule has 0 radical (unpaired) electrons. The molecule has 22 heavy (non-hydrogen) atoms. The van der Waals surface area contributed by atoms with Gasteiger partial charge in [-0.15, -0.1) is 0 Å². The van der Waals surface area contributed by atoms with Crippen molar-refractivity contribution in [2.75, 3.05) is 26.2 Å². The van der Waals surface area contributed by atoms with Crippen LogP contribution < -0.4 is 0 Å². The van der Waals surface area contributed by atoms with Crippen molar-refractivity contribution in [3.63, 3.8) is 0 Å². The number of fused-ring (bicyclic) bond motifs is 2. The average Bonchev–Trinajstić information content (AvgIpc) is 3.19. The molecular formula is C19H26N2O. The second-order valence-corrected chi connectivity index (χ2v) is 7.37. The molecule has 1 saturated heterocycles. The summed E-state index contributed by atoms with van der Waals surface area (Å²) >= 11 is 0. The molecule has 1 aromatic carbocycles. The van der Waals surface area contributed by atoms with Gasteiger partial charge in [-0.2, -0.15) is 0 Å². The van der Waals surface area contributed by atoms with Gasteiger partial charge < -0.3 is 4.90 Å². The standard InChI is InChI=1S/C19H26N2O/c22-19(18-13-16-6-7-17(18)12-16)21-10-8-20(9-11-21)14-15-4-2-1-3-5-15/h1-5,16-18H,6-14H2/t16-,17+,18-/m0/s1. The Morgan fingerprint density at radius 2 is 1.77 bits per heavy atom. The van der Waals surface area contributed by atoms with Gasteiger partial charge in [0.25, 0.3) is 0 Å². The molecule has 2 aliphatic carbocycles. The fraction of sp³-hybridized carbons (Fsp3) is 0.632. The Bertz CT molecular complexity index is 521. The van der Waals surface area contributed by atoms with Gasteiger partial charge in [0.15, 0.2) is 0 Å². The first-order valence-corrected chi connectivity index (χ1v) is 8.84. The van der Waals surface area contributed by atoms with Crippen molar-refractivity contribution in [2.45, 2.75) is 32.2 Å². The summed E-state index contributed by atoms with van der Waals surface area (Å²) in [6, 6.07) is 10.6. The van der Waals surface area contributed by atoms with Crippen LogP contribution in [0.1, 0.15) is 31.2 Å². The van der Waals surface area contributed by atoms with Crippen molar-refractivity contribution < 1.29 is 4.79 Å². The summed E-state index contributed by atoms with van der Waals surface area (Å²) in [5, 5.41) is 0. The Hall–Kier alpha value is -1.35. The van der Waals surface area contributed by atoms with Crippen molar-refractivity contribution in [1.29, 1.82) is 0 Å². The van der Waals surface area contributed by atoms with Gasteiger partial charge in [0, 0.05) is 38.6 Å². The number of carbonyl (C=O) groups is 1. The number of piperazine rings is 1. The van der Waals surface area contributed by atoms with Gasteiger partial charge in [-0.1, -0.05) is 36.8 Å². The minimum Gasteiger partial charge on any atom is -0.340 e. The number of carbonyl (C=O) groups excluding carboxylic acids is 1. The van der Waals surface area contributed by atoms with E-state index in [0.29, 0.717) is 17.7 Å². The summed E-state index contributed by atoms with van der Waals surface area (Å²) in [6.45, 7) is 4.87. The van der Waals surface area contributed by atoms with Gasteiger partial charge >= 0.3 is 0 Å². The molecule has 1 heterocycles. The van der Waals surface area contributed by atoms with Crippen LogP contribution in [-0.2, 0) is 11.3 Å². The first-order chi connectivity index (χ1) is 10.8. The molecule has 0 spiro atoms. The molecule has 4 rings (SSSR count). The Balaban J connectivity index is 1.29. The monoisotopic (exact) mass is 298 g/mol. The van der Waals surface area contributed by atoms with Gasteiger partial charge in [0.1, 0.15) is 0 Å². The van der Waals surface area contributed by atoms with E-state index in [9.17, 15) is 4.79 Å². The van der Waals surface area contributed by atoms with Crippen molar-refractivity contribution >= 4 is 5.91 Å². The molecule has 3 nitrogen and oxygen atoms in total. The SMILES string of the molecule is O=C([C@H]1C[C@H]2CC[C@@H]1C2)N1CCN(Cc2ccccc2)CC1. The summed E-state index contributed by atoms with van der Waals surface area (Å²) in [6.07, 6.45) is 5.17. The van der Waals surface area contributed by atoms with Crippen LogP contribution in [0.4, 0.5) is 0 Å². The highest BCUT2D eigenvalue weighted by Gasteiger charge is 2.44. The molecule has 2 bridgehead atoms. The van der Waals surface area contributed by atoms with E-state index >= 15 is 0 Å². The van der Waals surface area contributed by atoms with Gasteiger partial charge in [-0.25, -0.2) is 0 Å². The molecule has 0 N–H and O–H groups in total.